The first-order valence-corrected chi connectivity index (χ1v) is 4.62. The van der Waals surface area contributed by atoms with Gasteiger partial charge in [-0.05, 0) is 12.8 Å². The van der Waals surface area contributed by atoms with E-state index in [2.05, 4.69) is 0 Å². The third-order valence-electron chi connectivity index (χ3n) is 1.54. The van der Waals surface area contributed by atoms with Crippen molar-refractivity contribution in [3.8, 4) is 0 Å². The molecule has 0 saturated heterocycles. The van der Waals surface area contributed by atoms with E-state index < -0.39 is 36.8 Å². The number of alkyl halides is 6. The van der Waals surface area contributed by atoms with E-state index in [-0.39, 0.29) is 12.8 Å². The summed E-state index contributed by atoms with van der Waals surface area (Å²) in [5.41, 5.74) is 4.98. The Bertz CT molecular complexity index is 301. The maximum absolute atomic E-state index is 11.5. The molecule has 114 valence electrons. The molecule has 5 nitrogen and oxygen atoms in total. The van der Waals surface area contributed by atoms with Crippen molar-refractivity contribution in [1.29, 1.82) is 0 Å². The van der Waals surface area contributed by atoms with Crippen LogP contribution in [0, 0.1) is 0 Å². The Labute approximate surface area is 103 Å². The van der Waals surface area contributed by atoms with Gasteiger partial charge in [-0.2, -0.15) is 26.3 Å². The van der Waals surface area contributed by atoms with E-state index in [1.54, 1.807) is 0 Å². The molecule has 0 saturated carbocycles. The van der Waals surface area contributed by atoms with E-state index in [1.807, 2.05) is 0 Å². The van der Waals surface area contributed by atoms with Gasteiger partial charge in [0.2, 0.25) is 0 Å². The van der Waals surface area contributed by atoms with Gasteiger partial charge < -0.3 is 15.9 Å². The maximum Gasteiger partial charge on any atom is 0.490 e. The topological polar surface area (TPSA) is 101 Å². The van der Waals surface area contributed by atoms with Crippen LogP contribution >= 0.6 is 0 Å². The fourth-order valence-electron chi connectivity index (χ4n) is 0.646. The summed E-state index contributed by atoms with van der Waals surface area (Å²) in [5, 5.41) is 15.3. The third kappa shape index (κ3) is 14.4. The van der Waals surface area contributed by atoms with E-state index in [1.165, 1.54) is 0 Å². The molecule has 11 heteroatoms. The van der Waals surface area contributed by atoms with Crippen molar-refractivity contribution in [2.45, 2.75) is 37.7 Å². The molecule has 0 aromatic heterocycles. The molecule has 0 aliphatic rings. The highest BCUT2D eigenvalue weighted by Crippen LogP contribution is 2.22. The lowest BCUT2D eigenvalue weighted by Crippen LogP contribution is -2.30. The van der Waals surface area contributed by atoms with Crippen LogP contribution in [0.1, 0.15) is 19.3 Å². The van der Waals surface area contributed by atoms with Gasteiger partial charge in [-0.3, -0.25) is 4.79 Å². The van der Waals surface area contributed by atoms with Crippen LogP contribution in [0.4, 0.5) is 26.3 Å². The van der Waals surface area contributed by atoms with Gasteiger partial charge in [-0.25, -0.2) is 4.79 Å². The number of nitrogens with two attached hydrogens (primary N) is 1. The second-order valence-electron chi connectivity index (χ2n) is 3.26. The normalized spacial score (nSPS) is 13.2. The van der Waals surface area contributed by atoms with Crippen molar-refractivity contribution < 1.29 is 46.1 Å². The molecule has 0 unspecified atom stereocenters. The SMILES string of the molecule is N[C@@H](CCCC(F)(F)F)C(=O)O.O=C(O)C(F)(F)F. The molecule has 1 atom stereocenters. The minimum Gasteiger partial charge on any atom is -0.480 e. The summed E-state index contributed by atoms with van der Waals surface area (Å²) in [6.07, 6.45) is -10.7. The fraction of sp³-hybridized carbons (Fsp3) is 0.750. The van der Waals surface area contributed by atoms with Crippen LogP contribution < -0.4 is 5.73 Å². The Balaban J connectivity index is 0. The minimum absolute atomic E-state index is 0.144. The van der Waals surface area contributed by atoms with Crippen molar-refractivity contribution in [1.82, 2.24) is 0 Å². The average molecular weight is 299 g/mol. The summed E-state index contributed by atoms with van der Waals surface area (Å²) in [7, 11) is 0. The molecule has 0 fully saturated rings. The zero-order valence-corrected chi connectivity index (χ0v) is 9.25. The Kier molecular flexibility index (Phi) is 8.15. The molecule has 0 heterocycles. The molecule has 0 aromatic rings. The van der Waals surface area contributed by atoms with E-state index in [4.69, 9.17) is 20.7 Å². The fourth-order valence-corrected chi connectivity index (χ4v) is 0.646. The zero-order chi connectivity index (χ0) is 15.9. The largest absolute Gasteiger partial charge is 0.490 e. The smallest absolute Gasteiger partial charge is 0.480 e. The summed E-state index contributed by atoms with van der Waals surface area (Å²) >= 11 is 0. The van der Waals surface area contributed by atoms with Crippen LogP contribution in [0.25, 0.3) is 0 Å². The summed E-state index contributed by atoms with van der Waals surface area (Å²) < 4.78 is 66.3. The number of carbonyl (C=O) groups is 2. The van der Waals surface area contributed by atoms with Gasteiger partial charge in [-0.15, -0.1) is 0 Å². The number of hydrogen-bond donors (Lipinski definition) is 3. The van der Waals surface area contributed by atoms with E-state index in [0.29, 0.717) is 0 Å². The van der Waals surface area contributed by atoms with Gasteiger partial charge in [0.25, 0.3) is 0 Å². The summed E-state index contributed by atoms with van der Waals surface area (Å²) in [4.78, 5) is 18.9. The zero-order valence-electron chi connectivity index (χ0n) is 9.25. The highest BCUT2D eigenvalue weighted by Gasteiger charge is 2.38. The summed E-state index contributed by atoms with van der Waals surface area (Å²) in [5.74, 6) is -4.02. The molecule has 0 bridgehead atoms. The van der Waals surface area contributed by atoms with Crippen molar-refractivity contribution in [3.63, 3.8) is 0 Å². The van der Waals surface area contributed by atoms with Crippen molar-refractivity contribution in [2.75, 3.05) is 0 Å². The molecular weight excluding hydrogens is 288 g/mol. The Morgan fingerprint density at radius 2 is 1.42 bits per heavy atom. The highest BCUT2D eigenvalue weighted by molar-refractivity contribution is 5.73. The van der Waals surface area contributed by atoms with Gasteiger partial charge in [0.1, 0.15) is 6.04 Å². The molecule has 0 amide bonds. The average Bonchev–Trinajstić information content (AvgIpc) is 2.14. The molecule has 0 aliphatic heterocycles. The lowest BCUT2D eigenvalue weighted by atomic mass is 10.1. The first kappa shape index (κ1) is 19.8. The van der Waals surface area contributed by atoms with E-state index in [9.17, 15) is 31.1 Å². The molecule has 0 aliphatic carbocycles. The monoisotopic (exact) mass is 299 g/mol. The number of aliphatic carboxylic acids is 2. The van der Waals surface area contributed by atoms with Gasteiger partial charge in [-0.1, -0.05) is 0 Å². The quantitative estimate of drug-likeness (QED) is 0.687. The predicted octanol–water partition coefficient (Wildman–Crippen LogP) is 1.76. The second kappa shape index (κ2) is 7.81. The van der Waals surface area contributed by atoms with E-state index in [0.717, 1.165) is 0 Å². The van der Waals surface area contributed by atoms with Gasteiger partial charge in [0, 0.05) is 6.42 Å². The van der Waals surface area contributed by atoms with Crippen molar-refractivity contribution >= 4 is 11.9 Å². The molecule has 19 heavy (non-hydrogen) atoms. The van der Waals surface area contributed by atoms with Gasteiger partial charge in [0.15, 0.2) is 0 Å². The van der Waals surface area contributed by atoms with Crippen LogP contribution in [0.3, 0.4) is 0 Å². The lowest BCUT2D eigenvalue weighted by Gasteiger charge is -2.07. The second-order valence-corrected chi connectivity index (χ2v) is 3.26. The highest BCUT2D eigenvalue weighted by atomic mass is 19.4. The first-order chi connectivity index (χ1) is 8.27. The number of hydrogen-bond acceptors (Lipinski definition) is 3. The first-order valence-electron chi connectivity index (χ1n) is 4.62. The molecule has 0 aromatic carbocycles. The number of halogens is 6. The van der Waals surface area contributed by atoms with Crippen LogP contribution in [0.5, 0.6) is 0 Å². The minimum atomic E-state index is -5.08. The summed E-state index contributed by atoms with van der Waals surface area (Å²) in [6.45, 7) is 0. The van der Waals surface area contributed by atoms with Crippen LogP contribution in [-0.4, -0.2) is 40.5 Å². The Hall–Kier alpha value is -1.52. The van der Waals surface area contributed by atoms with E-state index >= 15 is 0 Å². The van der Waals surface area contributed by atoms with Crippen LogP contribution in [-0.2, 0) is 9.59 Å². The van der Waals surface area contributed by atoms with Crippen LogP contribution in [0.2, 0.25) is 0 Å². The lowest BCUT2D eigenvalue weighted by molar-refractivity contribution is -0.192. The predicted molar refractivity (Wildman–Crippen MR) is 49.2 cm³/mol. The van der Waals surface area contributed by atoms with Crippen molar-refractivity contribution in [3.05, 3.63) is 0 Å². The molecular formula is C8H11F6NO4. The third-order valence-corrected chi connectivity index (χ3v) is 1.54. The standard InChI is InChI=1S/C6H10F3NO2.C2HF3O2/c7-6(8,9)3-1-2-4(10)5(11)12;3-2(4,5)1(6)7/h4H,1-3,10H2,(H,11,12);(H,6,7)/t4-;/m0./s1. The molecule has 0 radical (unpaired) electrons. The molecule has 0 rings (SSSR count). The van der Waals surface area contributed by atoms with Crippen LogP contribution in [0.15, 0.2) is 0 Å². The molecule has 0 spiro atoms. The van der Waals surface area contributed by atoms with Gasteiger partial charge >= 0.3 is 24.3 Å². The van der Waals surface area contributed by atoms with Crippen molar-refractivity contribution in [2.24, 2.45) is 5.73 Å². The number of rotatable bonds is 4. The molecule has 4 N–H and O–H groups in total. The number of carboxylic acid groups (broad SMARTS) is 2. The van der Waals surface area contributed by atoms with Gasteiger partial charge in [0.05, 0.1) is 0 Å². The Morgan fingerprint density at radius 3 is 1.63 bits per heavy atom. The maximum atomic E-state index is 11.5. The number of carboxylic acids is 2. The Morgan fingerprint density at radius 1 is 1.05 bits per heavy atom. The summed E-state index contributed by atoms with van der Waals surface area (Å²) in [6, 6.07) is -1.19.